The van der Waals surface area contributed by atoms with Crippen LogP contribution in [0.3, 0.4) is 0 Å². The van der Waals surface area contributed by atoms with E-state index in [1.165, 1.54) is 23.9 Å². The van der Waals surface area contributed by atoms with Crippen molar-refractivity contribution >= 4 is 23.2 Å². The van der Waals surface area contributed by atoms with Crippen molar-refractivity contribution in [3.63, 3.8) is 0 Å². The average Bonchev–Trinajstić information content (AvgIpc) is 2.86. The van der Waals surface area contributed by atoms with Crippen LogP contribution in [0.1, 0.15) is 18.2 Å². The van der Waals surface area contributed by atoms with Gasteiger partial charge in [0.2, 0.25) is 0 Å². The Bertz CT molecular complexity index is 739. The first-order valence-electron chi connectivity index (χ1n) is 7.24. The summed E-state index contributed by atoms with van der Waals surface area (Å²) < 4.78 is 40.9. The number of carbonyl (C=O) groups excluding carboxylic acids is 1. The van der Waals surface area contributed by atoms with Gasteiger partial charge in [-0.2, -0.15) is 18.3 Å². The minimum atomic E-state index is -4.59. The van der Waals surface area contributed by atoms with Gasteiger partial charge >= 0.3 is 12.2 Å². The Morgan fingerprint density at radius 2 is 1.96 bits per heavy atom. The minimum absolute atomic E-state index is 0.299. The van der Waals surface area contributed by atoms with Crippen LogP contribution in [0.15, 0.2) is 24.3 Å². The number of nitrogens with zero attached hydrogens (tertiary/aromatic N) is 2. The molecule has 130 valence electrons. The van der Waals surface area contributed by atoms with Crippen molar-refractivity contribution < 1.29 is 18.0 Å². The molecule has 0 fully saturated rings. The molecule has 0 aliphatic rings. The van der Waals surface area contributed by atoms with Crippen LogP contribution in [0.2, 0.25) is 0 Å². The molecule has 1 aromatic heterocycles. The minimum Gasteiger partial charge on any atom is -0.388 e. The number of benzene rings is 1. The number of aromatic nitrogens is 2. The molecule has 3 N–H and O–H groups in total. The van der Waals surface area contributed by atoms with E-state index < -0.39 is 17.8 Å². The molecule has 0 aliphatic carbocycles. The molecule has 0 bridgehead atoms. The van der Waals surface area contributed by atoms with Crippen molar-refractivity contribution in [1.29, 1.82) is 0 Å². The second kappa shape index (κ2) is 6.81. The zero-order chi connectivity index (χ0) is 17.9. The van der Waals surface area contributed by atoms with Gasteiger partial charge in [-0.1, -0.05) is 6.92 Å². The van der Waals surface area contributed by atoms with Gasteiger partial charge in [0.1, 0.15) is 5.82 Å². The molecule has 1 heterocycles. The zero-order valence-corrected chi connectivity index (χ0v) is 13.5. The summed E-state index contributed by atoms with van der Waals surface area (Å²) in [5.74, 6) is 0.393. The van der Waals surface area contributed by atoms with Gasteiger partial charge in [-0.3, -0.25) is 10.00 Å². The number of nitrogens with one attached hydrogen (secondary N) is 3. The summed E-state index contributed by atoms with van der Waals surface area (Å²) in [6.07, 6.45) is -3.90. The van der Waals surface area contributed by atoms with Crippen molar-refractivity contribution in [3.05, 3.63) is 35.5 Å². The second-order valence-electron chi connectivity index (χ2n) is 5.09. The standard InChI is InChI=1S/C15H18F3N5O/c1-4-9-8-13(23(3)22-9)21-14(24)20-12-6-5-10(19-2)7-11(12)15(16,17)18/h5-8,19H,4H2,1-3H3,(H2,20,21,24). The monoisotopic (exact) mass is 341 g/mol. The molecule has 0 spiro atoms. The van der Waals surface area contributed by atoms with Crippen LogP contribution in [0.4, 0.5) is 35.2 Å². The van der Waals surface area contributed by atoms with E-state index >= 15 is 0 Å². The maximum absolute atomic E-state index is 13.1. The third kappa shape index (κ3) is 3.98. The first-order chi connectivity index (χ1) is 11.2. The number of carbonyl (C=O) groups is 1. The molecule has 2 aromatic rings. The number of rotatable bonds is 4. The fourth-order valence-electron chi connectivity index (χ4n) is 2.13. The van der Waals surface area contributed by atoms with Crippen LogP contribution in [-0.2, 0) is 19.6 Å². The van der Waals surface area contributed by atoms with Crippen LogP contribution in [-0.4, -0.2) is 22.9 Å². The molecule has 0 saturated carbocycles. The van der Waals surface area contributed by atoms with Crippen LogP contribution in [0, 0.1) is 0 Å². The smallest absolute Gasteiger partial charge is 0.388 e. The Hall–Kier alpha value is -2.71. The number of aryl methyl sites for hydroxylation is 2. The van der Waals surface area contributed by atoms with Crippen LogP contribution in [0.25, 0.3) is 0 Å². The molecular formula is C15H18F3N5O. The summed E-state index contributed by atoms with van der Waals surface area (Å²) in [6, 6.07) is 4.48. The van der Waals surface area contributed by atoms with Crippen LogP contribution < -0.4 is 16.0 Å². The van der Waals surface area contributed by atoms with Crippen LogP contribution >= 0.6 is 0 Å². The molecule has 9 heteroatoms. The Kier molecular flexibility index (Phi) is 5.01. The van der Waals surface area contributed by atoms with Crippen molar-refractivity contribution in [2.24, 2.45) is 7.05 Å². The highest BCUT2D eigenvalue weighted by Gasteiger charge is 2.34. The van der Waals surface area contributed by atoms with Gasteiger partial charge in [0.25, 0.3) is 0 Å². The van der Waals surface area contributed by atoms with Crippen molar-refractivity contribution in [2.75, 3.05) is 23.0 Å². The first kappa shape index (κ1) is 17.6. The maximum Gasteiger partial charge on any atom is 0.418 e. The lowest BCUT2D eigenvalue weighted by molar-refractivity contribution is -0.136. The summed E-state index contributed by atoms with van der Waals surface area (Å²) in [5.41, 5.74) is -0.185. The quantitative estimate of drug-likeness (QED) is 0.794. The van der Waals surface area contributed by atoms with Gasteiger partial charge in [-0.05, 0) is 24.6 Å². The number of hydrogen-bond acceptors (Lipinski definition) is 3. The maximum atomic E-state index is 13.1. The van der Waals surface area contributed by atoms with Gasteiger partial charge in [0.15, 0.2) is 0 Å². The van der Waals surface area contributed by atoms with Crippen molar-refractivity contribution in [1.82, 2.24) is 9.78 Å². The summed E-state index contributed by atoms with van der Waals surface area (Å²) in [6.45, 7) is 1.91. The number of urea groups is 1. The van der Waals surface area contributed by atoms with Crippen LogP contribution in [0.5, 0.6) is 0 Å². The van der Waals surface area contributed by atoms with Gasteiger partial charge in [0.05, 0.1) is 16.9 Å². The Morgan fingerprint density at radius 1 is 1.25 bits per heavy atom. The predicted octanol–water partition coefficient (Wildman–Crippen LogP) is 3.69. The summed E-state index contributed by atoms with van der Waals surface area (Å²) in [4.78, 5) is 12.0. The average molecular weight is 341 g/mol. The van der Waals surface area contributed by atoms with Gasteiger partial charge in [-0.15, -0.1) is 0 Å². The predicted molar refractivity (Wildman–Crippen MR) is 86.2 cm³/mol. The third-order valence-electron chi connectivity index (χ3n) is 3.40. The molecule has 1 aromatic carbocycles. The lowest BCUT2D eigenvalue weighted by atomic mass is 10.1. The highest BCUT2D eigenvalue weighted by atomic mass is 19.4. The molecule has 0 atom stereocenters. The largest absolute Gasteiger partial charge is 0.418 e. The zero-order valence-electron chi connectivity index (χ0n) is 13.5. The summed E-state index contributed by atoms with van der Waals surface area (Å²) >= 11 is 0. The van der Waals surface area contributed by atoms with E-state index in [1.54, 1.807) is 13.1 Å². The fraction of sp³-hybridized carbons (Fsp3) is 0.333. The van der Waals surface area contributed by atoms with E-state index in [0.717, 1.165) is 11.8 Å². The number of anilines is 3. The van der Waals surface area contributed by atoms with Crippen molar-refractivity contribution in [3.8, 4) is 0 Å². The molecule has 24 heavy (non-hydrogen) atoms. The summed E-state index contributed by atoms with van der Waals surface area (Å²) in [7, 11) is 3.15. The SMILES string of the molecule is CCc1cc(NC(=O)Nc2ccc(NC)cc2C(F)(F)F)n(C)n1. The van der Waals surface area contributed by atoms with Gasteiger partial charge in [-0.25, -0.2) is 4.79 Å². The topological polar surface area (TPSA) is 71.0 Å². The highest BCUT2D eigenvalue weighted by Crippen LogP contribution is 2.36. The van der Waals surface area contributed by atoms with Gasteiger partial charge < -0.3 is 10.6 Å². The summed E-state index contributed by atoms with van der Waals surface area (Å²) in [5, 5.41) is 11.5. The molecular weight excluding hydrogens is 323 g/mol. The van der Waals surface area contributed by atoms with E-state index in [1.807, 2.05) is 6.92 Å². The van der Waals surface area contributed by atoms with E-state index in [2.05, 4.69) is 21.0 Å². The molecule has 2 amide bonds. The third-order valence-corrected chi connectivity index (χ3v) is 3.40. The Labute approximate surface area is 137 Å². The normalized spacial score (nSPS) is 11.2. The number of amides is 2. The molecule has 6 nitrogen and oxygen atoms in total. The van der Waals surface area contributed by atoms with E-state index in [-0.39, 0.29) is 5.69 Å². The number of alkyl halides is 3. The fourth-order valence-corrected chi connectivity index (χ4v) is 2.13. The molecule has 0 radical (unpaired) electrons. The second-order valence-corrected chi connectivity index (χ2v) is 5.09. The Balaban J connectivity index is 2.20. The van der Waals surface area contributed by atoms with E-state index in [9.17, 15) is 18.0 Å². The lowest BCUT2D eigenvalue weighted by Gasteiger charge is -2.15. The molecule has 0 unspecified atom stereocenters. The Morgan fingerprint density at radius 3 is 2.50 bits per heavy atom. The molecule has 2 rings (SSSR count). The molecule has 0 aliphatic heterocycles. The lowest BCUT2D eigenvalue weighted by Crippen LogP contribution is -2.23. The molecule has 0 saturated heterocycles. The van der Waals surface area contributed by atoms with E-state index in [4.69, 9.17) is 0 Å². The number of hydrogen-bond donors (Lipinski definition) is 3. The van der Waals surface area contributed by atoms with Gasteiger partial charge in [0, 0.05) is 25.8 Å². The first-order valence-corrected chi connectivity index (χ1v) is 7.24. The highest BCUT2D eigenvalue weighted by molar-refractivity contribution is 6.00. The van der Waals surface area contributed by atoms with Crippen molar-refractivity contribution in [2.45, 2.75) is 19.5 Å². The number of halogens is 3. The van der Waals surface area contributed by atoms with E-state index in [0.29, 0.717) is 17.9 Å².